The minimum atomic E-state index is -0.219. The van der Waals surface area contributed by atoms with E-state index in [-0.39, 0.29) is 17.9 Å². The zero-order valence-corrected chi connectivity index (χ0v) is 14.7. The fourth-order valence-corrected chi connectivity index (χ4v) is 4.00. The number of piperazine rings is 1. The van der Waals surface area contributed by atoms with Gasteiger partial charge in [-0.25, -0.2) is 0 Å². The van der Waals surface area contributed by atoms with Gasteiger partial charge < -0.3 is 19.4 Å². The Balaban J connectivity index is 1.41. The molecular weight excluding hydrogens is 318 g/mol. The van der Waals surface area contributed by atoms with Crippen molar-refractivity contribution in [1.82, 2.24) is 4.90 Å². The molecule has 3 aliphatic heterocycles. The van der Waals surface area contributed by atoms with Gasteiger partial charge >= 0.3 is 0 Å². The number of benzene rings is 1. The molecule has 2 fully saturated rings. The number of rotatable bonds is 2. The Bertz CT molecular complexity index is 676. The fraction of sp³-hybridized carbons (Fsp3) is 0.579. The average Bonchev–Trinajstić information content (AvgIpc) is 3.19. The third-order valence-corrected chi connectivity index (χ3v) is 5.57. The Labute approximate surface area is 148 Å². The summed E-state index contributed by atoms with van der Waals surface area (Å²) in [4.78, 5) is 30.3. The fourth-order valence-electron chi connectivity index (χ4n) is 4.00. The van der Waals surface area contributed by atoms with Crippen molar-refractivity contribution >= 4 is 23.2 Å². The van der Waals surface area contributed by atoms with Crippen molar-refractivity contribution in [3.63, 3.8) is 0 Å². The van der Waals surface area contributed by atoms with Gasteiger partial charge in [0.2, 0.25) is 5.91 Å². The van der Waals surface area contributed by atoms with Crippen LogP contribution in [0, 0.1) is 0 Å². The average molecular weight is 343 g/mol. The topological polar surface area (TPSA) is 53.1 Å². The monoisotopic (exact) mass is 343 g/mol. The van der Waals surface area contributed by atoms with Crippen molar-refractivity contribution in [1.29, 1.82) is 0 Å². The molecule has 1 unspecified atom stereocenters. The van der Waals surface area contributed by atoms with Gasteiger partial charge in [-0.05, 0) is 43.0 Å². The number of aryl methyl sites for hydroxylation is 1. The van der Waals surface area contributed by atoms with Gasteiger partial charge in [-0.2, -0.15) is 0 Å². The van der Waals surface area contributed by atoms with E-state index in [1.54, 1.807) is 4.90 Å². The Kier molecular flexibility index (Phi) is 4.37. The van der Waals surface area contributed by atoms with Crippen molar-refractivity contribution in [3.8, 4) is 0 Å². The summed E-state index contributed by atoms with van der Waals surface area (Å²) in [6, 6.07) is 6.34. The molecule has 0 saturated carbocycles. The van der Waals surface area contributed by atoms with Crippen LogP contribution in [0.3, 0.4) is 0 Å². The minimum Gasteiger partial charge on any atom is -0.368 e. The van der Waals surface area contributed by atoms with Gasteiger partial charge in [0, 0.05) is 57.6 Å². The summed E-state index contributed by atoms with van der Waals surface area (Å²) >= 11 is 0. The van der Waals surface area contributed by atoms with E-state index in [1.165, 1.54) is 11.3 Å². The van der Waals surface area contributed by atoms with Crippen LogP contribution in [0.25, 0.3) is 0 Å². The van der Waals surface area contributed by atoms with Crippen LogP contribution in [0.15, 0.2) is 18.2 Å². The number of hydrogen-bond donors (Lipinski definition) is 0. The molecule has 1 aromatic rings. The predicted molar refractivity (Wildman–Crippen MR) is 95.9 cm³/mol. The summed E-state index contributed by atoms with van der Waals surface area (Å²) in [6.07, 6.45) is 3.02. The first-order valence-corrected chi connectivity index (χ1v) is 9.18. The molecule has 3 heterocycles. The number of nitrogens with zero attached hydrogens (tertiary/aromatic N) is 3. The van der Waals surface area contributed by atoms with E-state index in [9.17, 15) is 9.59 Å². The van der Waals surface area contributed by atoms with Crippen LogP contribution < -0.4 is 9.80 Å². The highest BCUT2D eigenvalue weighted by Gasteiger charge is 2.30. The molecular formula is C19H25N3O3. The zero-order valence-electron chi connectivity index (χ0n) is 14.7. The van der Waals surface area contributed by atoms with Crippen molar-refractivity contribution < 1.29 is 14.3 Å². The maximum Gasteiger partial charge on any atom is 0.251 e. The van der Waals surface area contributed by atoms with Crippen LogP contribution in [0.5, 0.6) is 0 Å². The van der Waals surface area contributed by atoms with Crippen molar-refractivity contribution in [2.45, 2.75) is 31.8 Å². The summed E-state index contributed by atoms with van der Waals surface area (Å²) < 4.78 is 5.52. The standard InChI is InChI=1S/C19H25N3O3/c1-20-16-6-5-15(13-14(16)4-7-18(20)23)21-8-10-22(11-9-21)19(24)17-3-2-12-25-17/h5-6,13,17H,2-4,7-12H2,1H3. The first-order chi connectivity index (χ1) is 12.1. The molecule has 0 bridgehead atoms. The molecule has 1 atom stereocenters. The van der Waals surface area contributed by atoms with Gasteiger partial charge in [0.05, 0.1) is 0 Å². The number of carbonyl (C=O) groups excluding carboxylic acids is 2. The van der Waals surface area contributed by atoms with Crippen molar-refractivity contribution in [2.75, 3.05) is 49.6 Å². The first-order valence-electron chi connectivity index (χ1n) is 9.18. The molecule has 2 saturated heterocycles. The highest BCUT2D eigenvalue weighted by Crippen LogP contribution is 2.31. The second kappa shape index (κ2) is 6.67. The molecule has 25 heavy (non-hydrogen) atoms. The van der Waals surface area contributed by atoms with Crippen LogP contribution >= 0.6 is 0 Å². The van der Waals surface area contributed by atoms with Crippen LogP contribution in [-0.4, -0.2) is 62.7 Å². The second-order valence-electron chi connectivity index (χ2n) is 7.08. The lowest BCUT2D eigenvalue weighted by Gasteiger charge is -2.37. The first kappa shape index (κ1) is 16.4. The van der Waals surface area contributed by atoms with E-state index in [2.05, 4.69) is 17.0 Å². The van der Waals surface area contributed by atoms with E-state index in [4.69, 9.17) is 4.74 Å². The highest BCUT2D eigenvalue weighted by molar-refractivity contribution is 5.96. The number of fused-ring (bicyclic) bond motifs is 1. The normalized spacial score (nSPS) is 23.8. The van der Waals surface area contributed by atoms with Gasteiger partial charge in [0.15, 0.2) is 0 Å². The summed E-state index contributed by atoms with van der Waals surface area (Å²) in [7, 11) is 1.84. The molecule has 0 aliphatic carbocycles. The molecule has 134 valence electrons. The Morgan fingerprint density at radius 3 is 2.68 bits per heavy atom. The van der Waals surface area contributed by atoms with E-state index in [0.717, 1.165) is 51.1 Å². The minimum absolute atomic E-state index is 0.155. The molecule has 0 aromatic heterocycles. The van der Waals surface area contributed by atoms with Gasteiger partial charge in [-0.1, -0.05) is 0 Å². The van der Waals surface area contributed by atoms with Crippen LogP contribution in [-0.2, 0) is 20.7 Å². The maximum atomic E-state index is 12.4. The molecule has 6 nitrogen and oxygen atoms in total. The number of carbonyl (C=O) groups is 2. The summed E-state index contributed by atoms with van der Waals surface area (Å²) in [6.45, 7) is 3.88. The molecule has 0 spiro atoms. The maximum absolute atomic E-state index is 12.4. The third-order valence-electron chi connectivity index (χ3n) is 5.57. The van der Waals surface area contributed by atoms with Crippen LogP contribution in [0.4, 0.5) is 11.4 Å². The zero-order chi connectivity index (χ0) is 17.4. The van der Waals surface area contributed by atoms with Gasteiger partial charge in [-0.15, -0.1) is 0 Å². The summed E-state index contributed by atoms with van der Waals surface area (Å²) in [5.74, 6) is 0.337. The van der Waals surface area contributed by atoms with E-state index in [1.807, 2.05) is 18.0 Å². The van der Waals surface area contributed by atoms with E-state index < -0.39 is 0 Å². The Hall–Kier alpha value is -2.08. The predicted octanol–water partition coefficient (Wildman–Crippen LogP) is 1.42. The van der Waals surface area contributed by atoms with E-state index >= 15 is 0 Å². The highest BCUT2D eigenvalue weighted by atomic mass is 16.5. The van der Waals surface area contributed by atoms with E-state index in [0.29, 0.717) is 13.0 Å². The lowest BCUT2D eigenvalue weighted by atomic mass is 10.0. The molecule has 6 heteroatoms. The van der Waals surface area contributed by atoms with Crippen molar-refractivity contribution in [3.05, 3.63) is 23.8 Å². The second-order valence-corrected chi connectivity index (χ2v) is 7.08. The molecule has 0 N–H and O–H groups in total. The molecule has 4 rings (SSSR count). The van der Waals surface area contributed by atoms with Crippen LogP contribution in [0.2, 0.25) is 0 Å². The van der Waals surface area contributed by atoms with Gasteiger partial charge in [-0.3, -0.25) is 9.59 Å². The number of amides is 2. The number of hydrogen-bond acceptors (Lipinski definition) is 4. The lowest BCUT2D eigenvalue weighted by Crippen LogP contribution is -2.51. The molecule has 0 radical (unpaired) electrons. The van der Waals surface area contributed by atoms with Crippen molar-refractivity contribution in [2.24, 2.45) is 0 Å². The largest absolute Gasteiger partial charge is 0.368 e. The Morgan fingerprint density at radius 2 is 1.96 bits per heavy atom. The lowest BCUT2D eigenvalue weighted by molar-refractivity contribution is -0.141. The number of ether oxygens (including phenoxy) is 1. The number of anilines is 2. The summed E-state index contributed by atoms with van der Waals surface area (Å²) in [5, 5.41) is 0. The Morgan fingerprint density at radius 1 is 1.16 bits per heavy atom. The molecule has 2 amide bonds. The molecule has 1 aromatic carbocycles. The summed E-state index contributed by atoms with van der Waals surface area (Å²) in [5.41, 5.74) is 3.44. The quantitative estimate of drug-likeness (QED) is 0.815. The molecule has 3 aliphatic rings. The van der Waals surface area contributed by atoms with Gasteiger partial charge in [0.1, 0.15) is 6.10 Å². The van der Waals surface area contributed by atoms with Crippen LogP contribution in [0.1, 0.15) is 24.8 Å². The third kappa shape index (κ3) is 3.11. The van der Waals surface area contributed by atoms with Gasteiger partial charge in [0.25, 0.3) is 5.91 Å². The SMILES string of the molecule is CN1C(=O)CCc2cc(N3CCN(C(=O)C4CCCO4)CC3)ccc21. The smallest absolute Gasteiger partial charge is 0.251 e.